The number of aryl methyl sites for hydroxylation is 1. The molecule has 0 bridgehead atoms. The third-order valence-electron chi connectivity index (χ3n) is 9.79. The Kier molecular flexibility index (Phi) is 6.68. The zero-order chi connectivity index (χ0) is 22.2. The first-order chi connectivity index (χ1) is 14.8. The molecule has 3 saturated carbocycles. The molecule has 3 nitrogen and oxygen atoms in total. The lowest BCUT2D eigenvalue weighted by Crippen LogP contribution is -2.53. The van der Waals surface area contributed by atoms with E-state index >= 15 is 0 Å². The molecule has 3 N–H and O–H groups in total. The van der Waals surface area contributed by atoms with Gasteiger partial charge in [-0.05, 0) is 98.5 Å². The summed E-state index contributed by atoms with van der Waals surface area (Å²) in [6.07, 6.45) is 7.28. The van der Waals surface area contributed by atoms with Crippen LogP contribution in [0, 0.1) is 41.4 Å². The van der Waals surface area contributed by atoms with E-state index in [2.05, 4.69) is 56.9 Å². The predicted molar refractivity (Wildman–Crippen MR) is 128 cm³/mol. The molecule has 3 aliphatic carbocycles. The fourth-order valence-electron chi connectivity index (χ4n) is 7.56. The highest BCUT2D eigenvalue weighted by atomic mass is 16.3. The normalized spacial score (nSPS) is 40.7. The zero-order valence-corrected chi connectivity index (χ0v) is 19.9. The van der Waals surface area contributed by atoms with Crippen molar-refractivity contribution in [1.29, 1.82) is 0 Å². The third kappa shape index (κ3) is 4.26. The Bertz CT molecular complexity index is 774. The monoisotopic (exact) mass is 425 g/mol. The topological polar surface area (TPSA) is 52.5 Å². The van der Waals surface area contributed by atoms with Crippen molar-refractivity contribution < 1.29 is 10.2 Å². The number of allylic oxidation sites excluding steroid dienone is 1. The summed E-state index contributed by atoms with van der Waals surface area (Å²) in [4.78, 5) is 0. The molecule has 172 valence electrons. The van der Waals surface area contributed by atoms with E-state index in [-0.39, 0.29) is 29.5 Å². The number of benzene rings is 1. The highest BCUT2D eigenvalue weighted by Crippen LogP contribution is 2.63. The van der Waals surface area contributed by atoms with Gasteiger partial charge in [-0.2, -0.15) is 0 Å². The molecule has 0 radical (unpaired) electrons. The minimum Gasteiger partial charge on any atom is -0.396 e. The van der Waals surface area contributed by atoms with Crippen molar-refractivity contribution in [2.45, 2.75) is 78.4 Å². The molecule has 0 heterocycles. The molecule has 3 fully saturated rings. The van der Waals surface area contributed by atoms with Crippen molar-refractivity contribution in [2.24, 2.45) is 34.5 Å². The van der Waals surface area contributed by atoms with Gasteiger partial charge in [0.05, 0.1) is 6.10 Å². The summed E-state index contributed by atoms with van der Waals surface area (Å²) < 4.78 is 0. The van der Waals surface area contributed by atoms with Crippen LogP contribution in [0.3, 0.4) is 0 Å². The Morgan fingerprint density at radius 2 is 1.81 bits per heavy atom. The Morgan fingerprint density at radius 3 is 2.52 bits per heavy atom. The molecule has 3 heteroatoms. The Morgan fingerprint density at radius 1 is 1.06 bits per heavy atom. The molecular weight excluding hydrogens is 382 g/mol. The van der Waals surface area contributed by atoms with Gasteiger partial charge in [0.25, 0.3) is 0 Å². The standard InChI is InChI=1S/C28H43NO2/c1-19-5-8-21(9-6-19)16-29-17-24-25-10-7-20(2)27(25,3)14-12-26(24)28(4)13-11-23(31)15-22(28)18-30/h5-6,8-9,22-26,29-31H,2,7,10-18H2,1,3-4H3/t22-,23+,24+,25+,26+,27-,28+/m1/s1. The fraction of sp³-hybridized carbons (Fsp3) is 0.714. The summed E-state index contributed by atoms with van der Waals surface area (Å²) in [6.45, 7) is 13.6. The summed E-state index contributed by atoms with van der Waals surface area (Å²) in [5.41, 5.74) is 4.49. The van der Waals surface area contributed by atoms with Gasteiger partial charge in [0.15, 0.2) is 0 Å². The van der Waals surface area contributed by atoms with Crippen LogP contribution in [0.25, 0.3) is 0 Å². The van der Waals surface area contributed by atoms with Crippen LogP contribution < -0.4 is 5.32 Å². The van der Waals surface area contributed by atoms with E-state index in [1.165, 1.54) is 42.4 Å². The van der Waals surface area contributed by atoms with E-state index in [1.54, 1.807) is 0 Å². The number of fused-ring (bicyclic) bond motifs is 1. The van der Waals surface area contributed by atoms with Crippen LogP contribution in [0.2, 0.25) is 0 Å². The van der Waals surface area contributed by atoms with E-state index in [9.17, 15) is 10.2 Å². The second kappa shape index (κ2) is 9.00. The van der Waals surface area contributed by atoms with Crippen LogP contribution >= 0.6 is 0 Å². The van der Waals surface area contributed by atoms with Crippen LogP contribution in [0.1, 0.15) is 69.9 Å². The van der Waals surface area contributed by atoms with E-state index in [4.69, 9.17) is 0 Å². The summed E-state index contributed by atoms with van der Waals surface area (Å²) in [5.74, 6) is 2.06. The Labute approximate surface area is 189 Å². The third-order valence-corrected chi connectivity index (χ3v) is 9.79. The van der Waals surface area contributed by atoms with Gasteiger partial charge < -0.3 is 15.5 Å². The zero-order valence-electron chi connectivity index (χ0n) is 19.9. The summed E-state index contributed by atoms with van der Waals surface area (Å²) in [6, 6.07) is 8.85. The average Bonchev–Trinajstić information content (AvgIpc) is 3.06. The molecule has 0 aromatic heterocycles. The van der Waals surface area contributed by atoms with Crippen LogP contribution in [0.15, 0.2) is 36.4 Å². The van der Waals surface area contributed by atoms with Gasteiger partial charge in [0.2, 0.25) is 0 Å². The molecule has 0 spiro atoms. The molecule has 0 unspecified atom stereocenters. The van der Waals surface area contributed by atoms with Crippen molar-refractivity contribution in [1.82, 2.24) is 5.32 Å². The molecule has 1 aromatic rings. The molecular formula is C28H43NO2. The van der Waals surface area contributed by atoms with E-state index in [0.717, 1.165) is 32.4 Å². The number of hydrogen-bond acceptors (Lipinski definition) is 3. The van der Waals surface area contributed by atoms with Crippen molar-refractivity contribution in [3.05, 3.63) is 47.5 Å². The number of rotatable bonds is 6. The highest BCUT2D eigenvalue weighted by molar-refractivity contribution is 5.22. The molecule has 3 aliphatic rings. The predicted octanol–water partition coefficient (Wildman–Crippen LogP) is 5.24. The molecule has 1 aromatic carbocycles. The first-order valence-electron chi connectivity index (χ1n) is 12.5. The van der Waals surface area contributed by atoms with Gasteiger partial charge in [-0.15, -0.1) is 0 Å². The number of aliphatic hydroxyl groups excluding tert-OH is 2. The van der Waals surface area contributed by atoms with Gasteiger partial charge in [0.1, 0.15) is 0 Å². The maximum atomic E-state index is 10.3. The van der Waals surface area contributed by atoms with E-state index in [1.807, 2.05) is 0 Å². The maximum absolute atomic E-state index is 10.3. The number of hydrogen-bond donors (Lipinski definition) is 3. The maximum Gasteiger partial charge on any atom is 0.0544 e. The number of nitrogens with one attached hydrogen (secondary N) is 1. The van der Waals surface area contributed by atoms with Crippen LogP contribution in [0.4, 0.5) is 0 Å². The van der Waals surface area contributed by atoms with Gasteiger partial charge in [0, 0.05) is 13.2 Å². The van der Waals surface area contributed by atoms with Crippen LogP contribution in [0.5, 0.6) is 0 Å². The van der Waals surface area contributed by atoms with E-state index < -0.39 is 0 Å². The lowest BCUT2D eigenvalue weighted by Gasteiger charge is -2.56. The number of aliphatic hydroxyl groups is 2. The summed E-state index contributed by atoms with van der Waals surface area (Å²) in [7, 11) is 0. The van der Waals surface area contributed by atoms with Gasteiger partial charge in [-0.1, -0.05) is 55.8 Å². The molecule has 0 saturated heterocycles. The average molecular weight is 426 g/mol. The van der Waals surface area contributed by atoms with E-state index in [0.29, 0.717) is 17.8 Å². The van der Waals surface area contributed by atoms with Gasteiger partial charge in [-0.25, -0.2) is 0 Å². The highest BCUT2D eigenvalue weighted by Gasteiger charge is 2.56. The van der Waals surface area contributed by atoms with Crippen molar-refractivity contribution in [2.75, 3.05) is 13.2 Å². The van der Waals surface area contributed by atoms with Crippen LogP contribution in [-0.2, 0) is 6.54 Å². The lowest BCUT2D eigenvalue weighted by molar-refractivity contribution is -0.0933. The SMILES string of the molecule is C=C1CC[C@H]2[C@H](CNCc3ccc(C)cc3)[C@@H]([C@@]3(C)CC[C@H](O)C[C@@H]3CO)CC[C@]12C. The van der Waals surface area contributed by atoms with Gasteiger partial charge in [-0.3, -0.25) is 0 Å². The van der Waals surface area contributed by atoms with Crippen LogP contribution in [-0.4, -0.2) is 29.5 Å². The minimum atomic E-state index is -0.247. The molecule has 0 aliphatic heterocycles. The summed E-state index contributed by atoms with van der Waals surface area (Å²) >= 11 is 0. The fourth-order valence-corrected chi connectivity index (χ4v) is 7.56. The Hall–Kier alpha value is -1.16. The van der Waals surface area contributed by atoms with Crippen molar-refractivity contribution in [3.8, 4) is 0 Å². The quantitative estimate of drug-likeness (QED) is 0.546. The largest absolute Gasteiger partial charge is 0.396 e. The summed E-state index contributed by atoms with van der Waals surface area (Å²) in [5, 5.41) is 24.4. The first kappa shape index (κ1) is 23.0. The lowest BCUT2D eigenvalue weighted by atomic mass is 9.49. The van der Waals surface area contributed by atoms with Crippen molar-refractivity contribution in [3.63, 3.8) is 0 Å². The molecule has 7 atom stereocenters. The smallest absolute Gasteiger partial charge is 0.0544 e. The molecule has 0 amide bonds. The minimum absolute atomic E-state index is 0.107. The molecule has 4 rings (SSSR count). The second-order valence-electron chi connectivity index (χ2n) is 11.4. The first-order valence-corrected chi connectivity index (χ1v) is 12.5. The molecule has 31 heavy (non-hydrogen) atoms. The Balaban J connectivity index is 1.56. The van der Waals surface area contributed by atoms with Gasteiger partial charge >= 0.3 is 0 Å². The second-order valence-corrected chi connectivity index (χ2v) is 11.4. The van der Waals surface area contributed by atoms with Crippen molar-refractivity contribution >= 4 is 0 Å².